The van der Waals surface area contributed by atoms with Gasteiger partial charge in [0.2, 0.25) is 5.89 Å². The van der Waals surface area contributed by atoms with Crippen molar-refractivity contribution in [2.75, 3.05) is 6.54 Å². The van der Waals surface area contributed by atoms with Crippen LogP contribution >= 0.6 is 0 Å². The summed E-state index contributed by atoms with van der Waals surface area (Å²) in [5, 5.41) is 18.0. The highest BCUT2D eigenvalue weighted by molar-refractivity contribution is 5.42. The molecule has 1 aliphatic rings. The lowest BCUT2D eigenvalue weighted by molar-refractivity contribution is 0.167. The number of halogens is 1. The fourth-order valence-corrected chi connectivity index (χ4v) is 3.08. The Bertz CT molecular complexity index is 801. The van der Waals surface area contributed by atoms with Gasteiger partial charge in [-0.05, 0) is 36.2 Å². The molecule has 0 amide bonds. The Kier molecular flexibility index (Phi) is 3.87. The molecule has 1 aromatic carbocycles. The molecule has 0 unspecified atom stereocenters. The Morgan fingerprint density at radius 2 is 2.04 bits per heavy atom. The van der Waals surface area contributed by atoms with Crippen LogP contribution in [0.2, 0.25) is 0 Å². The van der Waals surface area contributed by atoms with Crippen molar-refractivity contribution in [2.24, 2.45) is 0 Å². The zero-order valence-corrected chi connectivity index (χ0v) is 12.8. The van der Waals surface area contributed by atoms with Crippen LogP contribution in [0, 0.1) is 5.82 Å². The van der Waals surface area contributed by atoms with E-state index >= 15 is 0 Å². The Balaban J connectivity index is 1.53. The molecule has 7 heteroatoms. The molecule has 2 aromatic heterocycles. The number of aromatic nitrogens is 2. The minimum atomic E-state index is -0.437. The molecular weight excluding hydrogens is 313 g/mol. The van der Waals surface area contributed by atoms with Crippen LogP contribution in [0.4, 0.5) is 4.39 Å². The summed E-state index contributed by atoms with van der Waals surface area (Å²) in [5.41, 5.74) is 0.957. The van der Waals surface area contributed by atoms with Gasteiger partial charge in [0.15, 0.2) is 5.76 Å². The molecule has 1 saturated heterocycles. The Hall–Kier alpha value is -2.51. The highest BCUT2D eigenvalue weighted by Crippen LogP contribution is 2.33. The number of aliphatic hydroxyl groups excluding tert-OH is 1. The van der Waals surface area contributed by atoms with Crippen LogP contribution in [0.15, 0.2) is 51.5 Å². The van der Waals surface area contributed by atoms with Gasteiger partial charge in [-0.2, -0.15) is 0 Å². The van der Waals surface area contributed by atoms with E-state index < -0.39 is 6.10 Å². The van der Waals surface area contributed by atoms with E-state index in [0.29, 0.717) is 37.1 Å². The summed E-state index contributed by atoms with van der Waals surface area (Å²) in [6.07, 6.45) is 1.69. The SMILES string of the molecule is O[C@@H]1C[C@H](c2ccc(F)cc2)N(Cc2nnc(-c3ccco3)o2)C1. The third-order valence-electron chi connectivity index (χ3n) is 4.17. The van der Waals surface area contributed by atoms with E-state index in [0.717, 1.165) is 5.56 Å². The van der Waals surface area contributed by atoms with Crippen LogP contribution < -0.4 is 0 Å². The van der Waals surface area contributed by atoms with Gasteiger partial charge in [-0.3, -0.25) is 4.90 Å². The van der Waals surface area contributed by atoms with E-state index in [2.05, 4.69) is 15.1 Å². The number of β-amino-alcohol motifs (C(OH)–C–C–N with tert-alkyl or cyclic N) is 1. The van der Waals surface area contributed by atoms with Gasteiger partial charge in [0.25, 0.3) is 5.89 Å². The number of aliphatic hydroxyl groups is 1. The fraction of sp³-hybridized carbons (Fsp3) is 0.294. The maximum atomic E-state index is 13.1. The molecule has 6 nitrogen and oxygen atoms in total. The van der Waals surface area contributed by atoms with Crippen molar-refractivity contribution < 1.29 is 18.3 Å². The minimum absolute atomic E-state index is 0.0143. The lowest BCUT2D eigenvalue weighted by Crippen LogP contribution is -2.24. The number of hydrogen-bond donors (Lipinski definition) is 1. The molecule has 0 bridgehead atoms. The molecule has 0 spiro atoms. The minimum Gasteiger partial charge on any atom is -0.459 e. The Morgan fingerprint density at radius 3 is 2.79 bits per heavy atom. The van der Waals surface area contributed by atoms with Gasteiger partial charge in [0.05, 0.1) is 18.9 Å². The smallest absolute Gasteiger partial charge is 0.283 e. The molecule has 1 aliphatic heterocycles. The van der Waals surface area contributed by atoms with Crippen LogP contribution in [0.3, 0.4) is 0 Å². The highest BCUT2D eigenvalue weighted by atomic mass is 19.1. The zero-order valence-electron chi connectivity index (χ0n) is 12.8. The van der Waals surface area contributed by atoms with Gasteiger partial charge < -0.3 is 13.9 Å². The third kappa shape index (κ3) is 2.95. The van der Waals surface area contributed by atoms with Crippen molar-refractivity contribution in [3.8, 4) is 11.7 Å². The van der Waals surface area contributed by atoms with E-state index in [9.17, 15) is 9.50 Å². The summed E-state index contributed by atoms with van der Waals surface area (Å²) in [6.45, 7) is 0.910. The van der Waals surface area contributed by atoms with Crippen molar-refractivity contribution in [2.45, 2.75) is 25.1 Å². The summed E-state index contributed by atoms with van der Waals surface area (Å²) in [6, 6.07) is 9.83. The average Bonchev–Trinajstić information content (AvgIpc) is 3.29. The number of rotatable bonds is 4. The molecule has 4 rings (SSSR count). The molecule has 124 valence electrons. The molecular formula is C17H16FN3O3. The second-order valence-corrected chi connectivity index (χ2v) is 5.86. The van der Waals surface area contributed by atoms with Crippen LogP contribution in [-0.2, 0) is 6.54 Å². The number of furan rings is 1. The van der Waals surface area contributed by atoms with Crippen molar-refractivity contribution in [3.63, 3.8) is 0 Å². The third-order valence-corrected chi connectivity index (χ3v) is 4.17. The predicted octanol–water partition coefficient (Wildman–Crippen LogP) is 2.78. The highest BCUT2D eigenvalue weighted by Gasteiger charge is 2.33. The molecule has 24 heavy (non-hydrogen) atoms. The maximum absolute atomic E-state index is 13.1. The van der Waals surface area contributed by atoms with Crippen molar-refractivity contribution in [3.05, 3.63) is 59.9 Å². The predicted molar refractivity (Wildman–Crippen MR) is 82.2 cm³/mol. The van der Waals surface area contributed by atoms with Crippen molar-refractivity contribution in [1.29, 1.82) is 0 Å². The lowest BCUT2D eigenvalue weighted by Gasteiger charge is -2.22. The Labute approximate surface area is 137 Å². The second kappa shape index (κ2) is 6.18. The number of benzene rings is 1. The van der Waals surface area contributed by atoms with Crippen LogP contribution in [0.25, 0.3) is 11.7 Å². The van der Waals surface area contributed by atoms with Gasteiger partial charge in [-0.25, -0.2) is 4.39 Å². The molecule has 0 aliphatic carbocycles. The van der Waals surface area contributed by atoms with Gasteiger partial charge in [-0.1, -0.05) is 12.1 Å². The number of nitrogens with zero attached hydrogens (tertiary/aromatic N) is 3. The summed E-state index contributed by atoms with van der Waals surface area (Å²) >= 11 is 0. The molecule has 1 fully saturated rings. The lowest BCUT2D eigenvalue weighted by atomic mass is 10.0. The van der Waals surface area contributed by atoms with Gasteiger partial charge >= 0.3 is 0 Å². The van der Waals surface area contributed by atoms with Gasteiger partial charge in [0, 0.05) is 12.6 Å². The summed E-state index contributed by atoms with van der Waals surface area (Å²) in [7, 11) is 0. The quantitative estimate of drug-likeness (QED) is 0.793. The van der Waals surface area contributed by atoms with E-state index in [1.165, 1.54) is 12.1 Å². The van der Waals surface area contributed by atoms with Gasteiger partial charge in [0.1, 0.15) is 5.82 Å². The first-order valence-electron chi connectivity index (χ1n) is 7.73. The van der Waals surface area contributed by atoms with Crippen LogP contribution in [0.1, 0.15) is 23.9 Å². The average molecular weight is 329 g/mol. The van der Waals surface area contributed by atoms with E-state index in [-0.39, 0.29) is 11.9 Å². The Morgan fingerprint density at radius 1 is 1.21 bits per heavy atom. The van der Waals surface area contributed by atoms with Crippen LogP contribution in [-0.4, -0.2) is 32.9 Å². The maximum Gasteiger partial charge on any atom is 0.283 e. The van der Waals surface area contributed by atoms with E-state index in [1.807, 2.05) is 0 Å². The van der Waals surface area contributed by atoms with Gasteiger partial charge in [-0.15, -0.1) is 10.2 Å². The molecule has 0 radical (unpaired) electrons. The standard InChI is InChI=1S/C17H16FN3O3/c18-12-5-3-11(4-6-12)14-8-13(22)9-21(14)10-16-19-20-17(24-16)15-2-1-7-23-15/h1-7,13-14,22H,8-10H2/t13-,14-/m1/s1. The largest absolute Gasteiger partial charge is 0.459 e. The van der Waals surface area contributed by atoms with Crippen LogP contribution in [0.5, 0.6) is 0 Å². The first kappa shape index (κ1) is 15.0. The zero-order chi connectivity index (χ0) is 16.5. The van der Waals surface area contributed by atoms with E-state index in [4.69, 9.17) is 8.83 Å². The first-order chi connectivity index (χ1) is 11.7. The number of likely N-dealkylation sites (tertiary alicyclic amines) is 1. The topological polar surface area (TPSA) is 75.5 Å². The second-order valence-electron chi connectivity index (χ2n) is 5.86. The van der Waals surface area contributed by atoms with Crippen molar-refractivity contribution >= 4 is 0 Å². The first-order valence-corrected chi connectivity index (χ1v) is 7.73. The molecule has 3 aromatic rings. The fourth-order valence-electron chi connectivity index (χ4n) is 3.08. The summed E-state index contributed by atoms with van der Waals surface area (Å²) in [4.78, 5) is 2.05. The molecule has 3 heterocycles. The normalized spacial score (nSPS) is 21.4. The summed E-state index contributed by atoms with van der Waals surface area (Å²) in [5.74, 6) is 1.02. The molecule has 2 atom stereocenters. The monoisotopic (exact) mass is 329 g/mol. The summed E-state index contributed by atoms with van der Waals surface area (Å²) < 4.78 is 24.0. The van der Waals surface area contributed by atoms with Crippen molar-refractivity contribution in [1.82, 2.24) is 15.1 Å². The molecule has 0 saturated carbocycles. The van der Waals surface area contributed by atoms with E-state index in [1.54, 1.807) is 30.5 Å². The number of hydrogen-bond acceptors (Lipinski definition) is 6. The molecule has 1 N–H and O–H groups in total.